The largest absolute Gasteiger partial charge is 0.361 e. The maximum atomic E-state index is 13.0. The fourth-order valence-corrected chi connectivity index (χ4v) is 4.07. The van der Waals surface area contributed by atoms with E-state index in [2.05, 4.69) is 10.3 Å². The third-order valence-electron chi connectivity index (χ3n) is 4.59. The Morgan fingerprint density at radius 3 is 2.19 bits per heavy atom. The summed E-state index contributed by atoms with van der Waals surface area (Å²) in [5.74, 6) is 2.24. The molecule has 0 bridgehead atoms. The fourth-order valence-electron chi connectivity index (χ4n) is 2.87. The molecule has 6 nitrogen and oxygen atoms in total. The van der Waals surface area contributed by atoms with E-state index in [1.165, 1.54) is 0 Å². The summed E-state index contributed by atoms with van der Waals surface area (Å²) >= 11 is 1.61. The van der Waals surface area contributed by atoms with E-state index in [1.54, 1.807) is 23.7 Å². The van der Waals surface area contributed by atoms with Crippen LogP contribution < -0.4 is 0 Å². The second-order valence-corrected chi connectivity index (χ2v) is 7.57. The molecule has 0 unspecified atom stereocenters. The van der Waals surface area contributed by atoms with Gasteiger partial charge in [-0.2, -0.15) is 0 Å². The molecular weight excluding hydrogens is 362 g/mol. The molecule has 0 saturated carbocycles. The monoisotopic (exact) mass is 385 g/mol. The predicted molar refractivity (Wildman–Crippen MR) is 104 cm³/mol. The Morgan fingerprint density at radius 2 is 1.59 bits per heavy atom. The molecule has 0 radical (unpaired) electrons. The van der Waals surface area contributed by atoms with Crippen molar-refractivity contribution in [3.63, 3.8) is 0 Å². The Labute approximate surface area is 162 Å². The van der Waals surface area contributed by atoms with E-state index in [-0.39, 0.29) is 5.91 Å². The van der Waals surface area contributed by atoms with Gasteiger partial charge in [0.1, 0.15) is 11.5 Å². The normalized spacial score (nSPS) is 11.0. The molecule has 0 aliphatic heterocycles. The SMILES string of the molecule is Cc1noc(C)c1CSc1ccccc1C(=O)N(C)Cc1c(C)noc1C. The van der Waals surface area contributed by atoms with Gasteiger partial charge in [-0.1, -0.05) is 22.4 Å². The van der Waals surface area contributed by atoms with Crippen LogP contribution in [0.3, 0.4) is 0 Å². The first-order valence-corrected chi connectivity index (χ1v) is 9.67. The molecule has 2 heterocycles. The van der Waals surface area contributed by atoms with Crippen LogP contribution in [0.2, 0.25) is 0 Å². The van der Waals surface area contributed by atoms with Gasteiger partial charge in [0.15, 0.2) is 0 Å². The molecule has 142 valence electrons. The third kappa shape index (κ3) is 4.08. The molecule has 0 saturated heterocycles. The number of carbonyl (C=O) groups is 1. The van der Waals surface area contributed by atoms with Crippen molar-refractivity contribution >= 4 is 17.7 Å². The van der Waals surface area contributed by atoms with E-state index in [4.69, 9.17) is 9.05 Å². The lowest BCUT2D eigenvalue weighted by atomic mass is 10.1. The molecule has 1 aromatic carbocycles. The fraction of sp³-hybridized carbons (Fsp3) is 0.350. The molecule has 0 aliphatic carbocycles. The molecule has 7 heteroatoms. The predicted octanol–water partition coefficient (Wildman–Crippen LogP) is 4.46. The maximum absolute atomic E-state index is 13.0. The second kappa shape index (κ2) is 8.00. The van der Waals surface area contributed by atoms with Gasteiger partial charge in [-0.25, -0.2) is 0 Å². The molecule has 3 rings (SSSR count). The minimum Gasteiger partial charge on any atom is -0.361 e. The summed E-state index contributed by atoms with van der Waals surface area (Å²) in [6.07, 6.45) is 0. The van der Waals surface area contributed by atoms with E-state index in [0.29, 0.717) is 17.9 Å². The average Bonchev–Trinajstić information content (AvgIpc) is 3.15. The molecule has 0 fully saturated rings. The van der Waals surface area contributed by atoms with Gasteiger partial charge < -0.3 is 13.9 Å². The molecule has 27 heavy (non-hydrogen) atoms. The minimum absolute atomic E-state index is 0.0307. The van der Waals surface area contributed by atoms with Crippen LogP contribution in [0.25, 0.3) is 0 Å². The molecule has 0 N–H and O–H groups in total. The van der Waals surface area contributed by atoms with Crippen LogP contribution in [0.15, 0.2) is 38.2 Å². The van der Waals surface area contributed by atoms with Crippen LogP contribution in [0.5, 0.6) is 0 Å². The lowest BCUT2D eigenvalue weighted by Crippen LogP contribution is -2.27. The van der Waals surface area contributed by atoms with Gasteiger partial charge in [0.05, 0.1) is 23.5 Å². The number of aryl methyl sites for hydroxylation is 4. The Morgan fingerprint density at radius 1 is 1.00 bits per heavy atom. The summed E-state index contributed by atoms with van der Waals surface area (Å²) in [5, 5.41) is 7.96. The van der Waals surface area contributed by atoms with Gasteiger partial charge in [0.25, 0.3) is 5.91 Å². The smallest absolute Gasteiger partial charge is 0.255 e. The number of thioether (sulfide) groups is 1. The zero-order chi connectivity index (χ0) is 19.6. The number of amides is 1. The quantitative estimate of drug-likeness (QED) is 0.583. The van der Waals surface area contributed by atoms with Gasteiger partial charge in [-0.3, -0.25) is 4.79 Å². The van der Waals surface area contributed by atoms with Crippen molar-refractivity contribution in [1.82, 2.24) is 15.2 Å². The molecule has 0 aliphatic rings. The van der Waals surface area contributed by atoms with Crippen molar-refractivity contribution in [2.45, 2.75) is 44.9 Å². The van der Waals surface area contributed by atoms with Crippen molar-refractivity contribution in [2.24, 2.45) is 0 Å². The lowest BCUT2D eigenvalue weighted by Gasteiger charge is -2.19. The van der Waals surface area contributed by atoms with Crippen LogP contribution in [-0.4, -0.2) is 28.2 Å². The van der Waals surface area contributed by atoms with Crippen LogP contribution in [-0.2, 0) is 12.3 Å². The van der Waals surface area contributed by atoms with E-state index in [1.807, 2.05) is 52.0 Å². The summed E-state index contributed by atoms with van der Waals surface area (Å²) in [5.41, 5.74) is 4.41. The van der Waals surface area contributed by atoms with Crippen LogP contribution >= 0.6 is 11.8 Å². The zero-order valence-electron chi connectivity index (χ0n) is 16.2. The third-order valence-corrected chi connectivity index (χ3v) is 5.69. The highest BCUT2D eigenvalue weighted by Crippen LogP contribution is 2.29. The molecule has 1 amide bonds. The standard InChI is InChI=1S/C20H23N3O3S/c1-12-17(14(3)25-21-12)10-23(5)20(24)16-8-6-7-9-19(16)27-11-18-13(2)22-26-15(18)4/h6-9H,10-11H2,1-5H3. The Kier molecular flexibility index (Phi) is 5.70. The highest BCUT2D eigenvalue weighted by atomic mass is 32.2. The summed E-state index contributed by atoms with van der Waals surface area (Å²) in [4.78, 5) is 15.7. The molecular formula is C20H23N3O3S. The minimum atomic E-state index is -0.0307. The second-order valence-electron chi connectivity index (χ2n) is 6.55. The average molecular weight is 385 g/mol. The number of hydrogen-bond acceptors (Lipinski definition) is 6. The molecule has 0 atom stereocenters. The van der Waals surface area contributed by atoms with Crippen molar-refractivity contribution < 1.29 is 13.8 Å². The molecule has 2 aromatic heterocycles. The van der Waals surface area contributed by atoms with E-state index in [0.717, 1.165) is 38.9 Å². The van der Waals surface area contributed by atoms with Gasteiger partial charge in [0, 0.05) is 28.8 Å². The first-order chi connectivity index (χ1) is 12.9. The van der Waals surface area contributed by atoms with Crippen molar-refractivity contribution in [3.8, 4) is 0 Å². The van der Waals surface area contributed by atoms with E-state index < -0.39 is 0 Å². The summed E-state index contributed by atoms with van der Waals surface area (Å²) < 4.78 is 10.4. The van der Waals surface area contributed by atoms with E-state index in [9.17, 15) is 4.79 Å². The number of carbonyl (C=O) groups excluding carboxylic acids is 1. The molecule has 0 spiro atoms. The number of aromatic nitrogens is 2. The van der Waals surface area contributed by atoms with Gasteiger partial charge >= 0.3 is 0 Å². The van der Waals surface area contributed by atoms with Crippen LogP contribution in [0, 0.1) is 27.7 Å². The number of benzene rings is 1. The highest BCUT2D eigenvalue weighted by Gasteiger charge is 2.20. The van der Waals surface area contributed by atoms with Crippen molar-refractivity contribution in [3.05, 3.63) is 63.9 Å². The van der Waals surface area contributed by atoms with Gasteiger partial charge in [0.2, 0.25) is 0 Å². The Hall–Kier alpha value is -2.54. The van der Waals surface area contributed by atoms with Crippen LogP contribution in [0.4, 0.5) is 0 Å². The zero-order valence-corrected chi connectivity index (χ0v) is 17.0. The Balaban J connectivity index is 1.77. The first-order valence-electron chi connectivity index (χ1n) is 8.69. The van der Waals surface area contributed by atoms with Crippen molar-refractivity contribution in [1.29, 1.82) is 0 Å². The van der Waals surface area contributed by atoms with E-state index >= 15 is 0 Å². The maximum Gasteiger partial charge on any atom is 0.255 e. The topological polar surface area (TPSA) is 72.4 Å². The first kappa shape index (κ1) is 19.2. The van der Waals surface area contributed by atoms with Gasteiger partial charge in [-0.15, -0.1) is 11.8 Å². The molecule has 3 aromatic rings. The van der Waals surface area contributed by atoms with Gasteiger partial charge in [-0.05, 0) is 39.8 Å². The number of rotatable bonds is 6. The lowest BCUT2D eigenvalue weighted by molar-refractivity contribution is 0.0781. The summed E-state index contributed by atoms with van der Waals surface area (Å²) in [6, 6.07) is 7.67. The Bertz CT molecular complexity index is 922. The number of nitrogens with zero attached hydrogens (tertiary/aromatic N) is 3. The van der Waals surface area contributed by atoms with Crippen LogP contribution in [0.1, 0.15) is 44.4 Å². The van der Waals surface area contributed by atoms with Crippen molar-refractivity contribution in [2.75, 3.05) is 7.05 Å². The summed E-state index contributed by atoms with van der Waals surface area (Å²) in [7, 11) is 1.80. The summed E-state index contributed by atoms with van der Waals surface area (Å²) in [6.45, 7) is 8.05. The number of hydrogen-bond donors (Lipinski definition) is 0. The highest BCUT2D eigenvalue weighted by molar-refractivity contribution is 7.98.